The van der Waals surface area contributed by atoms with Crippen LogP contribution in [-0.2, 0) is 0 Å². The van der Waals surface area contributed by atoms with Crippen molar-refractivity contribution in [3.05, 3.63) is 58.1 Å². The van der Waals surface area contributed by atoms with Gasteiger partial charge < -0.3 is 10.5 Å². The van der Waals surface area contributed by atoms with E-state index in [-0.39, 0.29) is 5.78 Å². The van der Waals surface area contributed by atoms with Gasteiger partial charge in [0, 0.05) is 5.56 Å². The molecule has 128 valence electrons. The quantitative estimate of drug-likeness (QED) is 0.605. The first-order chi connectivity index (χ1) is 11.3. The Morgan fingerprint density at radius 1 is 1.04 bits per heavy atom. The van der Waals surface area contributed by atoms with Gasteiger partial charge in [-0.25, -0.2) is 0 Å². The number of anilines is 1. The van der Waals surface area contributed by atoms with Crippen LogP contribution >= 0.6 is 0 Å². The van der Waals surface area contributed by atoms with E-state index in [1.807, 2.05) is 45.0 Å². The van der Waals surface area contributed by atoms with Gasteiger partial charge in [-0.3, -0.25) is 4.79 Å². The molecule has 0 aliphatic heterocycles. The van der Waals surface area contributed by atoms with Crippen LogP contribution in [0.3, 0.4) is 0 Å². The van der Waals surface area contributed by atoms with E-state index in [0.29, 0.717) is 17.9 Å². The lowest BCUT2D eigenvalue weighted by Crippen LogP contribution is -2.28. The predicted octanol–water partition coefficient (Wildman–Crippen LogP) is 4.93. The van der Waals surface area contributed by atoms with Crippen molar-refractivity contribution in [1.82, 2.24) is 0 Å². The molecule has 2 aromatic carbocycles. The second-order valence-corrected chi connectivity index (χ2v) is 6.55. The number of aryl methyl sites for hydroxylation is 4. The van der Waals surface area contributed by atoms with Crippen LogP contribution in [0.15, 0.2) is 30.3 Å². The van der Waals surface area contributed by atoms with E-state index >= 15 is 0 Å². The zero-order valence-corrected chi connectivity index (χ0v) is 15.3. The van der Waals surface area contributed by atoms with Crippen molar-refractivity contribution in [1.29, 1.82) is 0 Å². The third kappa shape index (κ3) is 3.97. The Labute approximate surface area is 144 Å². The molecule has 1 atom stereocenters. The van der Waals surface area contributed by atoms with Crippen molar-refractivity contribution >= 4 is 11.5 Å². The summed E-state index contributed by atoms with van der Waals surface area (Å²) >= 11 is 0. The van der Waals surface area contributed by atoms with Crippen LogP contribution in [-0.4, -0.2) is 11.9 Å². The molecule has 0 saturated heterocycles. The van der Waals surface area contributed by atoms with Gasteiger partial charge in [0.25, 0.3) is 0 Å². The summed E-state index contributed by atoms with van der Waals surface area (Å²) in [6, 6.07) is 9.68. The van der Waals surface area contributed by atoms with E-state index in [4.69, 9.17) is 10.5 Å². The minimum absolute atomic E-state index is 0.0254. The maximum absolute atomic E-state index is 13.0. The molecule has 2 rings (SSSR count). The molecular formula is C21H27NO2. The Morgan fingerprint density at radius 2 is 1.71 bits per heavy atom. The summed E-state index contributed by atoms with van der Waals surface area (Å²) in [5.41, 5.74) is 11.7. The summed E-state index contributed by atoms with van der Waals surface area (Å²) in [7, 11) is 0. The van der Waals surface area contributed by atoms with Gasteiger partial charge in [-0.05, 0) is 74.6 Å². The maximum atomic E-state index is 13.0. The van der Waals surface area contributed by atoms with Crippen molar-refractivity contribution in [3.8, 4) is 5.75 Å². The lowest BCUT2D eigenvalue weighted by Gasteiger charge is -2.20. The zero-order valence-electron chi connectivity index (χ0n) is 15.3. The van der Waals surface area contributed by atoms with E-state index in [1.54, 1.807) is 0 Å². The van der Waals surface area contributed by atoms with Crippen LogP contribution in [0.2, 0.25) is 0 Å². The molecular weight excluding hydrogens is 298 g/mol. The normalized spacial score (nSPS) is 12.0. The van der Waals surface area contributed by atoms with Gasteiger partial charge in [-0.2, -0.15) is 0 Å². The molecule has 3 heteroatoms. The van der Waals surface area contributed by atoms with Crippen molar-refractivity contribution < 1.29 is 9.53 Å². The number of rotatable bonds is 6. The van der Waals surface area contributed by atoms with Gasteiger partial charge in [0.2, 0.25) is 5.78 Å². The Balaban J connectivity index is 2.33. The number of ether oxygens (including phenoxy) is 1. The molecule has 0 radical (unpaired) electrons. The Hall–Kier alpha value is -2.29. The SMILES string of the molecule is CCCC(Oc1ccc(C)cc1N)C(=O)c1cc(C)c(C)cc1C. The standard InChI is InChI=1S/C21H27NO2/c1-6-7-20(24-19-9-8-13(2)10-18(19)22)21(23)17-12-15(4)14(3)11-16(17)5/h8-12,20H,6-7,22H2,1-5H3. The third-order valence-corrected chi connectivity index (χ3v) is 4.38. The van der Waals surface area contributed by atoms with Crippen LogP contribution in [0.1, 0.15) is 52.4 Å². The van der Waals surface area contributed by atoms with Gasteiger partial charge >= 0.3 is 0 Å². The van der Waals surface area contributed by atoms with Gasteiger partial charge in [0.05, 0.1) is 5.69 Å². The molecule has 0 aliphatic carbocycles. The largest absolute Gasteiger partial charge is 0.480 e. The van der Waals surface area contributed by atoms with Crippen LogP contribution in [0.5, 0.6) is 5.75 Å². The molecule has 3 nitrogen and oxygen atoms in total. The van der Waals surface area contributed by atoms with Crippen LogP contribution in [0.4, 0.5) is 5.69 Å². The highest BCUT2D eigenvalue weighted by atomic mass is 16.5. The Bertz CT molecular complexity index is 750. The van der Waals surface area contributed by atoms with Gasteiger partial charge in [-0.15, -0.1) is 0 Å². The fourth-order valence-corrected chi connectivity index (χ4v) is 2.83. The van der Waals surface area contributed by atoms with Crippen molar-refractivity contribution in [2.45, 2.75) is 53.6 Å². The van der Waals surface area contributed by atoms with Gasteiger partial charge in [0.1, 0.15) is 5.75 Å². The number of ketones is 1. The molecule has 2 aromatic rings. The van der Waals surface area contributed by atoms with Crippen LogP contribution in [0.25, 0.3) is 0 Å². The summed E-state index contributed by atoms with van der Waals surface area (Å²) in [6.07, 6.45) is 1.02. The van der Waals surface area contributed by atoms with Gasteiger partial charge in [0.15, 0.2) is 6.10 Å². The molecule has 1 unspecified atom stereocenters. The van der Waals surface area contributed by atoms with Crippen LogP contribution in [0, 0.1) is 27.7 Å². The molecule has 2 N–H and O–H groups in total. The summed E-state index contributed by atoms with van der Waals surface area (Å²) in [4.78, 5) is 13.0. The number of benzene rings is 2. The number of carbonyl (C=O) groups is 1. The lowest BCUT2D eigenvalue weighted by atomic mass is 9.94. The van der Waals surface area contributed by atoms with E-state index in [2.05, 4.69) is 19.9 Å². The lowest BCUT2D eigenvalue weighted by molar-refractivity contribution is 0.0778. The molecule has 24 heavy (non-hydrogen) atoms. The van der Waals surface area contributed by atoms with E-state index < -0.39 is 6.10 Å². The topological polar surface area (TPSA) is 52.3 Å². The molecule has 0 bridgehead atoms. The molecule has 0 saturated carbocycles. The first-order valence-corrected chi connectivity index (χ1v) is 8.48. The highest BCUT2D eigenvalue weighted by Crippen LogP contribution is 2.26. The van der Waals surface area contributed by atoms with Crippen molar-refractivity contribution in [3.63, 3.8) is 0 Å². The number of nitrogen functional groups attached to an aromatic ring is 1. The maximum Gasteiger partial charge on any atom is 0.203 e. The van der Waals surface area contributed by atoms with Crippen molar-refractivity contribution in [2.24, 2.45) is 0 Å². The summed E-state index contributed by atoms with van der Waals surface area (Å²) in [5, 5.41) is 0. The van der Waals surface area contributed by atoms with Crippen molar-refractivity contribution in [2.75, 3.05) is 5.73 Å². The highest BCUT2D eigenvalue weighted by Gasteiger charge is 2.24. The average molecular weight is 325 g/mol. The fraction of sp³-hybridized carbons (Fsp3) is 0.381. The average Bonchev–Trinajstić information content (AvgIpc) is 2.52. The third-order valence-electron chi connectivity index (χ3n) is 4.38. The smallest absolute Gasteiger partial charge is 0.203 e. The zero-order chi connectivity index (χ0) is 17.9. The molecule has 0 fully saturated rings. The van der Waals surface area contributed by atoms with Crippen LogP contribution < -0.4 is 10.5 Å². The highest BCUT2D eigenvalue weighted by molar-refractivity contribution is 6.01. The first kappa shape index (κ1) is 18.1. The first-order valence-electron chi connectivity index (χ1n) is 8.48. The monoisotopic (exact) mass is 325 g/mol. The van der Waals surface area contributed by atoms with E-state index in [0.717, 1.165) is 28.7 Å². The summed E-state index contributed by atoms with van der Waals surface area (Å²) in [5.74, 6) is 0.603. The number of Topliss-reactive ketones (excluding diaryl/α,β-unsaturated/α-hetero) is 1. The number of hydrogen-bond donors (Lipinski definition) is 1. The summed E-state index contributed by atoms with van der Waals surface area (Å²) in [6.45, 7) is 10.1. The number of nitrogens with two attached hydrogens (primary N) is 1. The molecule has 0 aliphatic rings. The van der Waals surface area contributed by atoms with E-state index in [9.17, 15) is 4.79 Å². The summed E-state index contributed by atoms with van der Waals surface area (Å²) < 4.78 is 6.01. The minimum atomic E-state index is -0.513. The minimum Gasteiger partial charge on any atom is -0.480 e. The number of hydrogen-bond acceptors (Lipinski definition) is 3. The molecule has 0 heterocycles. The van der Waals surface area contributed by atoms with E-state index in [1.165, 1.54) is 5.56 Å². The number of carbonyl (C=O) groups excluding carboxylic acids is 1. The van der Waals surface area contributed by atoms with Gasteiger partial charge in [-0.1, -0.05) is 25.5 Å². The second kappa shape index (κ2) is 7.52. The Morgan fingerprint density at radius 3 is 2.33 bits per heavy atom. The predicted molar refractivity (Wildman–Crippen MR) is 99.9 cm³/mol. The second-order valence-electron chi connectivity index (χ2n) is 6.55. The fourth-order valence-electron chi connectivity index (χ4n) is 2.83. The molecule has 0 spiro atoms. The Kier molecular flexibility index (Phi) is 5.66. The molecule has 0 aromatic heterocycles. The molecule has 0 amide bonds.